The van der Waals surface area contributed by atoms with Gasteiger partial charge in [0.15, 0.2) is 11.6 Å². The fourth-order valence-electron chi connectivity index (χ4n) is 2.31. The van der Waals surface area contributed by atoms with E-state index < -0.39 is 23.8 Å². The minimum Gasteiger partial charge on any atom is -0.485 e. The van der Waals surface area contributed by atoms with Gasteiger partial charge in [-0.25, -0.2) is 4.39 Å². The molecule has 0 heterocycles. The molecule has 0 amide bonds. The molecule has 1 aliphatic carbocycles. The van der Waals surface area contributed by atoms with Crippen molar-refractivity contribution in [1.82, 2.24) is 0 Å². The van der Waals surface area contributed by atoms with Crippen LogP contribution in [-0.2, 0) is 0 Å². The summed E-state index contributed by atoms with van der Waals surface area (Å²) in [4.78, 5) is 0. The van der Waals surface area contributed by atoms with Crippen LogP contribution in [0.1, 0.15) is 38.5 Å². The molecule has 2 atom stereocenters. The van der Waals surface area contributed by atoms with Crippen molar-refractivity contribution in [2.75, 3.05) is 0 Å². The molecule has 0 aromatic heterocycles. The number of halogens is 2. The van der Waals surface area contributed by atoms with Crippen molar-refractivity contribution in [3.05, 3.63) is 29.8 Å². The molecular formula is C14H18F2O2. The average Bonchev–Trinajstić information content (AvgIpc) is 2.34. The Hall–Kier alpha value is -1.16. The summed E-state index contributed by atoms with van der Waals surface area (Å²) < 4.78 is 32.0. The minimum atomic E-state index is -0.980. The first-order chi connectivity index (χ1) is 8.68. The van der Waals surface area contributed by atoms with Gasteiger partial charge in [-0.15, -0.1) is 0 Å². The van der Waals surface area contributed by atoms with Crippen molar-refractivity contribution in [2.24, 2.45) is 0 Å². The van der Waals surface area contributed by atoms with Gasteiger partial charge in [0.2, 0.25) is 5.82 Å². The normalized spacial score (nSPS) is 25.3. The molecular weight excluding hydrogens is 238 g/mol. The molecule has 1 aromatic carbocycles. The summed E-state index contributed by atoms with van der Waals surface area (Å²) in [6, 6.07) is 3.85. The number of hydrogen-bond donors (Lipinski definition) is 1. The fraction of sp³-hybridized carbons (Fsp3) is 0.571. The second-order valence-electron chi connectivity index (χ2n) is 4.77. The van der Waals surface area contributed by atoms with Crippen LogP contribution < -0.4 is 4.74 Å². The van der Waals surface area contributed by atoms with E-state index in [2.05, 4.69) is 0 Å². The smallest absolute Gasteiger partial charge is 0.200 e. The van der Waals surface area contributed by atoms with Crippen molar-refractivity contribution in [3.63, 3.8) is 0 Å². The highest BCUT2D eigenvalue weighted by Gasteiger charge is 2.23. The molecule has 100 valence electrons. The first-order valence-electron chi connectivity index (χ1n) is 6.47. The van der Waals surface area contributed by atoms with E-state index in [-0.39, 0.29) is 5.75 Å². The molecule has 0 spiro atoms. The van der Waals surface area contributed by atoms with Gasteiger partial charge in [-0.3, -0.25) is 0 Å². The summed E-state index contributed by atoms with van der Waals surface area (Å²) in [6.07, 6.45) is 4.38. The molecule has 0 bridgehead atoms. The Morgan fingerprint density at radius 2 is 1.78 bits per heavy atom. The number of rotatable bonds is 2. The van der Waals surface area contributed by atoms with Crippen molar-refractivity contribution in [3.8, 4) is 5.75 Å². The van der Waals surface area contributed by atoms with Gasteiger partial charge in [-0.1, -0.05) is 25.3 Å². The molecule has 2 nitrogen and oxygen atoms in total. The predicted molar refractivity (Wildman–Crippen MR) is 64.5 cm³/mol. The molecule has 1 N–H and O–H groups in total. The maximum absolute atomic E-state index is 13.5. The van der Waals surface area contributed by atoms with Crippen LogP contribution in [0.5, 0.6) is 5.75 Å². The van der Waals surface area contributed by atoms with Gasteiger partial charge < -0.3 is 9.84 Å². The quantitative estimate of drug-likeness (QED) is 0.878. The molecule has 0 aliphatic heterocycles. The zero-order chi connectivity index (χ0) is 13.0. The third-order valence-electron chi connectivity index (χ3n) is 3.36. The molecule has 1 saturated carbocycles. The zero-order valence-corrected chi connectivity index (χ0v) is 10.2. The molecule has 1 aromatic rings. The second kappa shape index (κ2) is 6.14. The third-order valence-corrected chi connectivity index (χ3v) is 3.36. The average molecular weight is 256 g/mol. The summed E-state index contributed by atoms with van der Waals surface area (Å²) in [5.41, 5.74) is 0. The number of ether oxygens (including phenoxy) is 1. The van der Waals surface area contributed by atoms with Gasteiger partial charge in [0, 0.05) is 0 Å². The lowest BCUT2D eigenvalue weighted by atomic mass is 9.96. The second-order valence-corrected chi connectivity index (χ2v) is 4.77. The van der Waals surface area contributed by atoms with E-state index >= 15 is 0 Å². The van der Waals surface area contributed by atoms with Crippen LogP contribution in [0.4, 0.5) is 8.78 Å². The summed E-state index contributed by atoms with van der Waals surface area (Å²) in [5, 5.41) is 9.95. The van der Waals surface area contributed by atoms with E-state index in [1.165, 1.54) is 12.1 Å². The molecule has 0 saturated heterocycles. The first kappa shape index (κ1) is 13.3. The minimum absolute atomic E-state index is 0.111. The monoisotopic (exact) mass is 256 g/mol. The lowest BCUT2D eigenvalue weighted by Gasteiger charge is -2.26. The lowest BCUT2D eigenvalue weighted by molar-refractivity contribution is 0.0164. The van der Waals surface area contributed by atoms with E-state index in [1.54, 1.807) is 0 Å². The van der Waals surface area contributed by atoms with Gasteiger partial charge in [-0.05, 0) is 31.4 Å². The van der Waals surface area contributed by atoms with E-state index in [9.17, 15) is 13.9 Å². The number of aliphatic hydroxyl groups excluding tert-OH is 1. The van der Waals surface area contributed by atoms with Gasteiger partial charge in [-0.2, -0.15) is 4.39 Å². The molecule has 2 unspecified atom stereocenters. The summed E-state index contributed by atoms with van der Waals surface area (Å²) in [6.45, 7) is 0. The summed E-state index contributed by atoms with van der Waals surface area (Å²) in [7, 11) is 0. The Bertz CT molecular complexity index is 395. The maximum atomic E-state index is 13.5. The standard InChI is InChI=1S/C14H18F2O2/c15-10-6-5-9-13(14(10)16)18-12-8-4-2-1-3-7-11(12)17/h5-6,9,11-12,17H,1-4,7-8H2. The highest BCUT2D eigenvalue weighted by Crippen LogP contribution is 2.25. The van der Waals surface area contributed by atoms with E-state index in [0.717, 1.165) is 31.7 Å². The highest BCUT2D eigenvalue weighted by molar-refractivity contribution is 5.25. The summed E-state index contributed by atoms with van der Waals surface area (Å²) in [5.74, 6) is -2.01. The van der Waals surface area contributed by atoms with Crippen LogP contribution in [0.25, 0.3) is 0 Å². The van der Waals surface area contributed by atoms with Crippen LogP contribution in [-0.4, -0.2) is 17.3 Å². The predicted octanol–water partition coefficient (Wildman–Crippen LogP) is 3.43. The first-order valence-corrected chi connectivity index (χ1v) is 6.47. The van der Waals surface area contributed by atoms with Gasteiger partial charge in [0.05, 0.1) is 6.10 Å². The fourth-order valence-corrected chi connectivity index (χ4v) is 2.31. The largest absolute Gasteiger partial charge is 0.485 e. The molecule has 1 aliphatic rings. The van der Waals surface area contributed by atoms with Crippen LogP contribution in [0, 0.1) is 11.6 Å². The van der Waals surface area contributed by atoms with Crippen LogP contribution in [0.3, 0.4) is 0 Å². The van der Waals surface area contributed by atoms with Crippen molar-refractivity contribution in [1.29, 1.82) is 0 Å². The Morgan fingerprint density at radius 1 is 1.06 bits per heavy atom. The molecule has 4 heteroatoms. The highest BCUT2D eigenvalue weighted by atomic mass is 19.2. The van der Waals surface area contributed by atoms with E-state index in [1.807, 2.05) is 0 Å². The summed E-state index contributed by atoms with van der Waals surface area (Å²) >= 11 is 0. The molecule has 2 rings (SSSR count). The Kier molecular flexibility index (Phi) is 4.53. The lowest BCUT2D eigenvalue weighted by Crippen LogP contribution is -2.33. The Balaban J connectivity index is 2.08. The van der Waals surface area contributed by atoms with E-state index in [0.29, 0.717) is 12.8 Å². The van der Waals surface area contributed by atoms with Gasteiger partial charge >= 0.3 is 0 Å². The molecule has 18 heavy (non-hydrogen) atoms. The van der Waals surface area contributed by atoms with Crippen molar-refractivity contribution >= 4 is 0 Å². The van der Waals surface area contributed by atoms with Gasteiger partial charge in [0.25, 0.3) is 0 Å². The molecule has 0 radical (unpaired) electrons. The number of aliphatic hydroxyl groups is 1. The number of hydrogen-bond acceptors (Lipinski definition) is 2. The third kappa shape index (κ3) is 3.19. The van der Waals surface area contributed by atoms with Crippen LogP contribution in [0.2, 0.25) is 0 Å². The topological polar surface area (TPSA) is 29.5 Å². The zero-order valence-electron chi connectivity index (χ0n) is 10.2. The Morgan fingerprint density at radius 3 is 2.56 bits per heavy atom. The van der Waals surface area contributed by atoms with Crippen molar-refractivity contribution in [2.45, 2.75) is 50.7 Å². The van der Waals surface area contributed by atoms with Crippen molar-refractivity contribution < 1.29 is 18.6 Å². The van der Waals surface area contributed by atoms with E-state index in [4.69, 9.17) is 4.74 Å². The number of benzene rings is 1. The Labute approximate surface area is 106 Å². The van der Waals surface area contributed by atoms with Crippen LogP contribution >= 0.6 is 0 Å². The molecule has 1 fully saturated rings. The van der Waals surface area contributed by atoms with Crippen LogP contribution in [0.15, 0.2) is 18.2 Å². The maximum Gasteiger partial charge on any atom is 0.200 e. The van der Waals surface area contributed by atoms with Gasteiger partial charge in [0.1, 0.15) is 6.10 Å². The SMILES string of the molecule is OC1CCCCCCC1Oc1cccc(F)c1F.